The third-order valence-corrected chi connectivity index (χ3v) is 6.21. The molecule has 3 rings (SSSR count). The summed E-state index contributed by atoms with van der Waals surface area (Å²) in [6.07, 6.45) is 2.07. The van der Waals surface area contributed by atoms with Crippen molar-refractivity contribution in [3.8, 4) is 11.1 Å². The zero-order chi connectivity index (χ0) is 21.9. The number of hydrogen-bond donors (Lipinski definition) is 1. The minimum absolute atomic E-state index is 0.0770. The van der Waals surface area contributed by atoms with Crippen LogP contribution >= 0.6 is 0 Å². The summed E-state index contributed by atoms with van der Waals surface area (Å²) in [5.74, 6) is 0.239. The zero-order valence-corrected chi connectivity index (χ0v) is 18.9. The Morgan fingerprint density at radius 1 is 1.00 bits per heavy atom. The third-order valence-electron chi connectivity index (χ3n) is 6.21. The highest BCUT2D eigenvalue weighted by Crippen LogP contribution is 2.37. The Bertz CT molecular complexity index is 901. The van der Waals surface area contributed by atoms with Gasteiger partial charge >= 0.3 is 0 Å². The molecule has 1 aliphatic heterocycles. The fourth-order valence-electron chi connectivity index (χ4n) is 4.39. The number of carbonyl (C=O) groups excluding carboxylic acids is 2. The van der Waals surface area contributed by atoms with E-state index >= 15 is 0 Å². The van der Waals surface area contributed by atoms with Gasteiger partial charge in [-0.05, 0) is 42.9 Å². The van der Waals surface area contributed by atoms with E-state index in [2.05, 4.69) is 60.8 Å². The molecule has 0 aromatic heterocycles. The molecule has 0 saturated carbocycles. The number of nitrogens with zero attached hydrogens (tertiary/aromatic N) is 1. The standard InChI is InChI=1S/C26H34N2O2/c1-19-7-6-8-22(17-19)21-11-9-20(10-12-21)18-26(23(29)27-5)13-15-28(16-14-26)24(30)25(2,3)4/h6-12,17H,13-16,18H2,1-5H3,(H,27,29). The number of likely N-dealkylation sites (tertiary alicyclic amines) is 1. The number of piperidine rings is 1. The van der Waals surface area contributed by atoms with Gasteiger partial charge in [-0.25, -0.2) is 0 Å². The largest absolute Gasteiger partial charge is 0.359 e. The van der Waals surface area contributed by atoms with Crippen LogP contribution in [0.15, 0.2) is 48.5 Å². The molecule has 160 valence electrons. The van der Waals surface area contributed by atoms with Crippen molar-refractivity contribution in [2.45, 2.75) is 47.0 Å². The van der Waals surface area contributed by atoms with Crippen LogP contribution in [0.5, 0.6) is 0 Å². The van der Waals surface area contributed by atoms with Crippen LogP contribution in [0.25, 0.3) is 11.1 Å². The van der Waals surface area contributed by atoms with E-state index < -0.39 is 10.8 Å². The predicted molar refractivity (Wildman–Crippen MR) is 122 cm³/mol. The molecule has 0 aliphatic carbocycles. The van der Waals surface area contributed by atoms with Gasteiger partial charge in [-0.2, -0.15) is 0 Å². The molecule has 0 atom stereocenters. The molecule has 0 unspecified atom stereocenters. The monoisotopic (exact) mass is 406 g/mol. The number of carbonyl (C=O) groups is 2. The maximum atomic E-state index is 12.9. The smallest absolute Gasteiger partial charge is 0.227 e. The number of rotatable bonds is 4. The summed E-state index contributed by atoms with van der Waals surface area (Å²) >= 11 is 0. The first-order valence-corrected chi connectivity index (χ1v) is 10.8. The van der Waals surface area contributed by atoms with Gasteiger partial charge in [0.25, 0.3) is 0 Å². The van der Waals surface area contributed by atoms with Gasteiger partial charge in [0.15, 0.2) is 0 Å². The molecular formula is C26H34N2O2. The van der Waals surface area contributed by atoms with E-state index in [4.69, 9.17) is 0 Å². The van der Waals surface area contributed by atoms with Crippen molar-refractivity contribution >= 4 is 11.8 Å². The summed E-state index contributed by atoms with van der Waals surface area (Å²) in [5.41, 5.74) is 3.93. The molecule has 4 heteroatoms. The van der Waals surface area contributed by atoms with E-state index in [1.54, 1.807) is 7.05 Å². The second-order valence-corrected chi connectivity index (χ2v) is 9.64. The Labute approximate surface area is 180 Å². The fraction of sp³-hybridized carbons (Fsp3) is 0.462. The number of hydrogen-bond acceptors (Lipinski definition) is 2. The van der Waals surface area contributed by atoms with E-state index in [9.17, 15) is 9.59 Å². The zero-order valence-electron chi connectivity index (χ0n) is 18.9. The van der Waals surface area contributed by atoms with Crippen LogP contribution in [0.4, 0.5) is 0 Å². The van der Waals surface area contributed by atoms with Crippen LogP contribution in [-0.4, -0.2) is 36.9 Å². The fourth-order valence-corrected chi connectivity index (χ4v) is 4.39. The molecule has 30 heavy (non-hydrogen) atoms. The Morgan fingerprint density at radius 2 is 1.63 bits per heavy atom. The number of aryl methyl sites for hydroxylation is 1. The van der Waals surface area contributed by atoms with Gasteiger partial charge < -0.3 is 10.2 Å². The first kappa shape index (κ1) is 22.1. The van der Waals surface area contributed by atoms with Crippen molar-refractivity contribution in [3.63, 3.8) is 0 Å². The molecule has 0 radical (unpaired) electrons. The highest BCUT2D eigenvalue weighted by molar-refractivity contribution is 5.84. The van der Waals surface area contributed by atoms with Crippen molar-refractivity contribution < 1.29 is 9.59 Å². The van der Waals surface area contributed by atoms with E-state index in [0.717, 1.165) is 5.56 Å². The lowest BCUT2D eigenvalue weighted by molar-refractivity contribution is -0.145. The molecule has 2 aromatic carbocycles. The molecule has 1 aliphatic rings. The molecule has 1 fully saturated rings. The first-order valence-electron chi connectivity index (χ1n) is 10.8. The quantitative estimate of drug-likeness (QED) is 0.806. The Morgan fingerprint density at radius 3 is 2.17 bits per heavy atom. The van der Waals surface area contributed by atoms with Crippen LogP contribution < -0.4 is 5.32 Å². The third kappa shape index (κ3) is 4.75. The van der Waals surface area contributed by atoms with Crippen LogP contribution in [0.2, 0.25) is 0 Å². The Kier molecular flexibility index (Phi) is 6.35. The number of amides is 2. The van der Waals surface area contributed by atoms with Gasteiger partial charge in [-0.3, -0.25) is 9.59 Å². The molecule has 2 amide bonds. The number of nitrogens with one attached hydrogen (secondary N) is 1. The molecule has 0 bridgehead atoms. The Hall–Kier alpha value is -2.62. The average Bonchev–Trinajstić information content (AvgIpc) is 2.73. The second kappa shape index (κ2) is 8.63. The molecule has 0 spiro atoms. The lowest BCUT2D eigenvalue weighted by Crippen LogP contribution is -2.52. The first-order chi connectivity index (χ1) is 14.1. The maximum Gasteiger partial charge on any atom is 0.227 e. The maximum absolute atomic E-state index is 12.9. The minimum atomic E-state index is -0.464. The van der Waals surface area contributed by atoms with E-state index in [1.807, 2.05) is 25.7 Å². The van der Waals surface area contributed by atoms with Crippen molar-refractivity contribution in [3.05, 3.63) is 59.7 Å². The normalized spacial score (nSPS) is 16.2. The summed E-state index contributed by atoms with van der Waals surface area (Å²) in [7, 11) is 1.71. The van der Waals surface area contributed by atoms with Crippen LogP contribution in [0.1, 0.15) is 44.7 Å². The van der Waals surface area contributed by atoms with E-state index in [0.29, 0.717) is 32.4 Å². The summed E-state index contributed by atoms with van der Waals surface area (Å²) < 4.78 is 0. The molecular weight excluding hydrogens is 372 g/mol. The SMILES string of the molecule is CNC(=O)C1(Cc2ccc(-c3cccc(C)c3)cc2)CCN(C(=O)C(C)(C)C)CC1. The highest BCUT2D eigenvalue weighted by atomic mass is 16.2. The summed E-state index contributed by atoms with van der Waals surface area (Å²) in [6, 6.07) is 17.0. The predicted octanol–water partition coefficient (Wildman–Crippen LogP) is 4.61. The highest BCUT2D eigenvalue weighted by Gasteiger charge is 2.43. The van der Waals surface area contributed by atoms with Gasteiger partial charge in [0.2, 0.25) is 11.8 Å². The topological polar surface area (TPSA) is 49.4 Å². The van der Waals surface area contributed by atoms with E-state index in [1.165, 1.54) is 16.7 Å². The molecule has 4 nitrogen and oxygen atoms in total. The van der Waals surface area contributed by atoms with Crippen molar-refractivity contribution in [1.82, 2.24) is 10.2 Å². The van der Waals surface area contributed by atoms with Crippen molar-refractivity contribution in [2.75, 3.05) is 20.1 Å². The number of benzene rings is 2. The summed E-state index contributed by atoms with van der Waals surface area (Å²) in [4.78, 5) is 27.4. The lowest BCUT2D eigenvalue weighted by Gasteiger charge is -2.42. The molecule has 1 heterocycles. The lowest BCUT2D eigenvalue weighted by atomic mass is 9.72. The molecule has 2 aromatic rings. The van der Waals surface area contributed by atoms with Crippen molar-refractivity contribution in [2.24, 2.45) is 10.8 Å². The minimum Gasteiger partial charge on any atom is -0.359 e. The Balaban J connectivity index is 1.76. The van der Waals surface area contributed by atoms with Crippen LogP contribution in [0.3, 0.4) is 0 Å². The summed E-state index contributed by atoms with van der Waals surface area (Å²) in [5, 5.41) is 2.87. The van der Waals surface area contributed by atoms with Crippen LogP contribution in [0, 0.1) is 17.8 Å². The van der Waals surface area contributed by atoms with Crippen LogP contribution in [-0.2, 0) is 16.0 Å². The van der Waals surface area contributed by atoms with Gasteiger partial charge in [0.1, 0.15) is 0 Å². The summed E-state index contributed by atoms with van der Waals surface area (Å²) in [6.45, 7) is 9.21. The van der Waals surface area contributed by atoms with Gasteiger partial charge in [0, 0.05) is 25.6 Å². The second-order valence-electron chi connectivity index (χ2n) is 9.64. The van der Waals surface area contributed by atoms with Crippen molar-refractivity contribution in [1.29, 1.82) is 0 Å². The molecule has 1 saturated heterocycles. The van der Waals surface area contributed by atoms with Gasteiger partial charge in [-0.15, -0.1) is 0 Å². The average molecular weight is 407 g/mol. The van der Waals surface area contributed by atoms with E-state index in [-0.39, 0.29) is 11.8 Å². The van der Waals surface area contributed by atoms with Gasteiger partial charge in [-0.1, -0.05) is 74.9 Å². The van der Waals surface area contributed by atoms with Gasteiger partial charge in [0.05, 0.1) is 5.41 Å². The molecule has 1 N–H and O–H groups in total.